The van der Waals surface area contributed by atoms with Gasteiger partial charge in [-0.1, -0.05) is 12.1 Å². The van der Waals surface area contributed by atoms with Gasteiger partial charge in [-0.3, -0.25) is 9.59 Å². The maximum Gasteiger partial charge on any atom is 0.255 e. The van der Waals surface area contributed by atoms with Crippen LogP contribution in [-0.4, -0.2) is 50.6 Å². The third kappa shape index (κ3) is 5.99. The van der Waals surface area contributed by atoms with E-state index in [0.29, 0.717) is 49.7 Å². The molecule has 0 unspecified atom stereocenters. The first-order valence-corrected chi connectivity index (χ1v) is 11.3. The molecule has 6 nitrogen and oxygen atoms in total. The molecule has 2 aromatic rings. The topological polar surface area (TPSA) is 76.7 Å². The molecule has 2 aliphatic rings. The Morgan fingerprint density at radius 2 is 1.84 bits per heavy atom. The normalized spacial score (nSPS) is 16.0. The quantitative estimate of drug-likeness (QED) is 0.708. The molecule has 0 atom stereocenters. The highest BCUT2D eigenvalue weighted by Gasteiger charge is 2.19. The van der Waals surface area contributed by atoms with Crippen LogP contribution in [0.4, 0.5) is 0 Å². The molecule has 0 spiro atoms. The fraction of sp³-hybridized carbons (Fsp3) is 0.417. The van der Waals surface area contributed by atoms with Crippen molar-refractivity contribution in [1.29, 1.82) is 0 Å². The average Bonchev–Trinajstić information content (AvgIpc) is 2.97. The number of amides is 2. The van der Waals surface area contributed by atoms with Crippen LogP contribution in [0, 0.1) is 6.92 Å². The van der Waals surface area contributed by atoms with Gasteiger partial charge in [-0.15, -0.1) is 11.6 Å². The summed E-state index contributed by atoms with van der Waals surface area (Å²) >= 11 is 4.64. The van der Waals surface area contributed by atoms with Gasteiger partial charge >= 0.3 is 0 Å². The summed E-state index contributed by atoms with van der Waals surface area (Å²) in [6.07, 6.45) is 3.88. The first-order chi connectivity index (χ1) is 15.1. The van der Waals surface area contributed by atoms with E-state index in [1.807, 2.05) is 43.3 Å². The van der Waals surface area contributed by atoms with Crippen LogP contribution in [0.3, 0.4) is 0 Å². The van der Waals surface area contributed by atoms with Gasteiger partial charge in [0.15, 0.2) is 0 Å². The number of alkyl halides is 1. The van der Waals surface area contributed by atoms with Crippen LogP contribution in [0.25, 0.3) is 0 Å². The smallest absolute Gasteiger partial charge is 0.255 e. The first kappa shape index (κ1) is 23.1. The van der Waals surface area contributed by atoms with Gasteiger partial charge in [0, 0.05) is 31.2 Å². The van der Waals surface area contributed by atoms with Crippen LogP contribution in [-0.2, 0) is 11.2 Å². The largest absolute Gasteiger partial charge is 0.491 e. The summed E-state index contributed by atoms with van der Waals surface area (Å²) < 4.78 is 11.0. The molecule has 1 fully saturated rings. The monoisotopic (exact) mass is 444 g/mol. The summed E-state index contributed by atoms with van der Waals surface area (Å²) in [6, 6.07) is 11.7. The minimum atomic E-state index is -0.0983. The lowest BCUT2D eigenvalue weighted by atomic mass is 9.96. The van der Waals surface area contributed by atoms with Crippen LogP contribution in [0.15, 0.2) is 36.4 Å². The number of hydrogen-bond donors (Lipinski definition) is 2. The molecule has 4 rings (SSSR count). The summed E-state index contributed by atoms with van der Waals surface area (Å²) in [5, 5.41) is 5.93. The molecule has 0 aliphatic carbocycles. The second-order valence-corrected chi connectivity index (χ2v) is 7.61. The van der Waals surface area contributed by atoms with Crippen molar-refractivity contribution < 1.29 is 19.1 Å². The molecule has 31 heavy (non-hydrogen) atoms. The molecule has 2 aliphatic heterocycles. The molecule has 0 bridgehead atoms. The van der Waals surface area contributed by atoms with Gasteiger partial charge in [-0.05, 0) is 67.1 Å². The molecular formula is C24H29ClN2O4. The van der Waals surface area contributed by atoms with Crippen molar-refractivity contribution >= 4 is 23.4 Å². The van der Waals surface area contributed by atoms with E-state index in [1.165, 1.54) is 6.38 Å². The van der Waals surface area contributed by atoms with Crippen LogP contribution < -0.4 is 15.4 Å². The Kier molecular flexibility index (Phi) is 8.32. The summed E-state index contributed by atoms with van der Waals surface area (Å²) in [5.41, 5.74) is 4.48. The number of benzene rings is 2. The van der Waals surface area contributed by atoms with Crippen LogP contribution >= 0.6 is 11.6 Å². The molecule has 1 saturated heterocycles. The van der Waals surface area contributed by atoms with Crippen molar-refractivity contribution in [3.63, 3.8) is 0 Å². The third-order valence-electron chi connectivity index (χ3n) is 5.50. The number of aryl methyl sites for hydroxylation is 1. The van der Waals surface area contributed by atoms with E-state index in [0.717, 1.165) is 29.5 Å². The van der Waals surface area contributed by atoms with Gasteiger partial charge < -0.3 is 20.1 Å². The van der Waals surface area contributed by atoms with Gasteiger partial charge in [0.1, 0.15) is 12.4 Å². The van der Waals surface area contributed by atoms with E-state index >= 15 is 0 Å². The zero-order valence-electron chi connectivity index (χ0n) is 18.0. The fourth-order valence-corrected chi connectivity index (χ4v) is 3.74. The zero-order valence-corrected chi connectivity index (χ0v) is 18.8. The van der Waals surface area contributed by atoms with Crippen LogP contribution in [0.1, 0.15) is 50.2 Å². The number of ether oxygens (including phenoxy) is 2. The van der Waals surface area contributed by atoms with Crippen molar-refractivity contribution in [1.82, 2.24) is 10.6 Å². The Balaban J connectivity index is 0.00000132. The number of halogens is 1. The number of nitrogens with one attached hydrogen (secondary N) is 2. The molecule has 0 saturated carbocycles. The number of fused-ring (bicyclic) bond motifs is 1. The maximum absolute atomic E-state index is 12.5. The molecule has 2 amide bonds. The van der Waals surface area contributed by atoms with E-state index in [4.69, 9.17) is 9.47 Å². The molecular weight excluding hydrogens is 416 g/mol. The molecule has 0 radical (unpaired) electrons. The Morgan fingerprint density at radius 1 is 1.13 bits per heavy atom. The maximum atomic E-state index is 12.5. The fourth-order valence-electron chi connectivity index (χ4n) is 3.74. The SMILES string of the molecule is CCl.Cc1cc2c(cc1Cc1ccc(C(=O)NC3CCOCC3)cc1)C(=O)NCCO2. The standard InChI is InChI=1S/C23H26N2O4.CH3Cl/c1-15-12-21-20(23(27)24-8-11-29-21)14-18(15)13-16-2-4-17(5-3-16)22(26)25-19-6-9-28-10-7-19;1-2/h2-5,12,14,19H,6-11,13H2,1H3,(H,24,27)(H,25,26);1H3. The van der Waals surface area contributed by atoms with Crippen molar-refractivity contribution in [3.8, 4) is 5.75 Å². The Bertz CT molecular complexity index is 909. The molecule has 2 aromatic carbocycles. The Labute approximate surface area is 188 Å². The summed E-state index contributed by atoms with van der Waals surface area (Å²) in [7, 11) is 0. The second-order valence-electron chi connectivity index (χ2n) is 7.61. The highest BCUT2D eigenvalue weighted by Crippen LogP contribution is 2.26. The molecule has 2 N–H and O–H groups in total. The summed E-state index contributed by atoms with van der Waals surface area (Å²) in [4.78, 5) is 24.7. The summed E-state index contributed by atoms with van der Waals surface area (Å²) in [6.45, 7) is 4.42. The minimum absolute atomic E-state index is 0.0431. The van der Waals surface area contributed by atoms with Crippen molar-refractivity contribution in [2.75, 3.05) is 32.7 Å². The van der Waals surface area contributed by atoms with E-state index in [1.54, 1.807) is 0 Å². The van der Waals surface area contributed by atoms with Gasteiger partial charge in [-0.25, -0.2) is 0 Å². The number of hydrogen-bond acceptors (Lipinski definition) is 4. The highest BCUT2D eigenvalue weighted by molar-refractivity contribution is 6.15. The lowest BCUT2D eigenvalue weighted by Crippen LogP contribution is -2.38. The van der Waals surface area contributed by atoms with Gasteiger partial charge in [0.25, 0.3) is 11.8 Å². The van der Waals surface area contributed by atoms with E-state index in [2.05, 4.69) is 22.2 Å². The number of carbonyl (C=O) groups excluding carboxylic acids is 2. The zero-order chi connectivity index (χ0) is 22.2. The average molecular weight is 445 g/mol. The van der Waals surface area contributed by atoms with Crippen molar-refractivity contribution in [3.05, 3.63) is 64.2 Å². The summed E-state index contributed by atoms with van der Waals surface area (Å²) in [5.74, 6) is 0.499. The van der Waals surface area contributed by atoms with Gasteiger partial charge in [-0.2, -0.15) is 0 Å². The lowest BCUT2D eigenvalue weighted by molar-refractivity contribution is 0.0696. The molecule has 166 valence electrons. The van der Waals surface area contributed by atoms with E-state index < -0.39 is 0 Å². The van der Waals surface area contributed by atoms with Crippen LogP contribution in [0.5, 0.6) is 5.75 Å². The number of rotatable bonds is 4. The van der Waals surface area contributed by atoms with Gasteiger partial charge in [0.05, 0.1) is 12.1 Å². The number of carbonyl (C=O) groups is 2. The highest BCUT2D eigenvalue weighted by atomic mass is 35.5. The van der Waals surface area contributed by atoms with Gasteiger partial charge in [0.2, 0.25) is 0 Å². The van der Waals surface area contributed by atoms with E-state index in [9.17, 15) is 9.59 Å². The molecule has 0 aromatic heterocycles. The Hall–Kier alpha value is -2.57. The predicted molar refractivity (Wildman–Crippen MR) is 121 cm³/mol. The van der Waals surface area contributed by atoms with E-state index in [-0.39, 0.29) is 17.9 Å². The lowest BCUT2D eigenvalue weighted by Gasteiger charge is -2.23. The predicted octanol–water partition coefficient (Wildman–Crippen LogP) is 3.47. The first-order valence-electron chi connectivity index (χ1n) is 10.5. The third-order valence-corrected chi connectivity index (χ3v) is 5.50. The minimum Gasteiger partial charge on any atom is -0.491 e. The van der Waals surface area contributed by atoms with Crippen molar-refractivity contribution in [2.45, 2.75) is 32.2 Å². The molecule has 7 heteroatoms. The second kappa shape index (κ2) is 11.2. The van der Waals surface area contributed by atoms with Crippen LogP contribution in [0.2, 0.25) is 0 Å². The Morgan fingerprint density at radius 3 is 2.55 bits per heavy atom. The van der Waals surface area contributed by atoms with Crippen molar-refractivity contribution in [2.24, 2.45) is 0 Å². The molecule has 2 heterocycles.